The lowest BCUT2D eigenvalue weighted by Crippen LogP contribution is -2.43. The summed E-state index contributed by atoms with van der Waals surface area (Å²) in [6.07, 6.45) is 2.20. The lowest BCUT2D eigenvalue weighted by Gasteiger charge is -2.17. The highest BCUT2D eigenvalue weighted by Crippen LogP contribution is 2.10. The zero-order valence-corrected chi connectivity index (χ0v) is 9.35. The van der Waals surface area contributed by atoms with Crippen LogP contribution >= 0.6 is 0 Å². The number of ether oxygens (including phenoxy) is 2. The third-order valence-electron chi connectivity index (χ3n) is 2.61. The molecule has 0 bridgehead atoms. The van der Waals surface area contributed by atoms with Crippen LogP contribution in [0.2, 0.25) is 0 Å². The van der Waals surface area contributed by atoms with E-state index < -0.39 is 5.82 Å². The summed E-state index contributed by atoms with van der Waals surface area (Å²) in [5, 5.41) is 2.73. The number of aromatic nitrogens is 1. The van der Waals surface area contributed by atoms with Crippen LogP contribution in [0.25, 0.3) is 0 Å². The molecule has 0 aliphatic carbocycles. The molecule has 1 aliphatic heterocycles. The Bertz CT molecular complexity index is 413. The van der Waals surface area contributed by atoms with E-state index in [4.69, 9.17) is 9.47 Å². The number of nitrogens with one attached hydrogen (secondary N) is 1. The van der Waals surface area contributed by atoms with Gasteiger partial charge in [-0.05, 0) is 6.07 Å². The Kier molecular flexibility index (Phi) is 3.65. The molecule has 1 aromatic rings. The molecule has 2 heterocycles. The first-order valence-electron chi connectivity index (χ1n) is 5.22. The average Bonchev–Trinajstić information content (AvgIpc) is 2.76. The molecule has 0 aromatic carbocycles. The molecule has 5 nitrogen and oxygen atoms in total. The maximum Gasteiger partial charge on any atom is 0.253 e. The Morgan fingerprint density at radius 2 is 2.41 bits per heavy atom. The minimum absolute atomic E-state index is 0.166. The predicted octanol–water partition coefficient (Wildman–Crippen LogP) is 0.364. The molecule has 0 radical (unpaired) electrons. The molecule has 2 atom stereocenters. The Labute approximate surface area is 97.9 Å². The van der Waals surface area contributed by atoms with E-state index in [2.05, 4.69) is 10.3 Å². The highest BCUT2D eigenvalue weighted by molar-refractivity contribution is 5.94. The molecule has 1 aromatic heterocycles. The van der Waals surface area contributed by atoms with Crippen LogP contribution in [-0.2, 0) is 9.47 Å². The Morgan fingerprint density at radius 1 is 1.59 bits per heavy atom. The van der Waals surface area contributed by atoms with Crippen molar-refractivity contribution < 1.29 is 18.7 Å². The average molecular weight is 240 g/mol. The van der Waals surface area contributed by atoms with Crippen LogP contribution in [0.4, 0.5) is 4.39 Å². The highest BCUT2D eigenvalue weighted by Gasteiger charge is 2.29. The van der Waals surface area contributed by atoms with Crippen molar-refractivity contribution in [1.82, 2.24) is 10.3 Å². The third-order valence-corrected chi connectivity index (χ3v) is 2.61. The molecule has 0 saturated carbocycles. The van der Waals surface area contributed by atoms with Crippen molar-refractivity contribution in [2.45, 2.75) is 12.1 Å². The first-order chi connectivity index (χ1) is 8.20. The van der Waals surface area contributed by atoms with Crippen molar-refractivity contribution in [2.75, 3.05) is 20.3 Å². The molecule has 1 aliphatic rings. The third kappa shape index (κ3) is 2.78. The number of hydrogen-bond acceptors (Lipinski definition) is 4. The molecule has 1 saturated heterocycles. The van der Waals surface area contributed by atoms with Gasteiger partial charge in [-0.15, -0.1) is 0 Å². The van der Waals surface area contributed by atoms with E-state index in [0.29, 0.717) is 13.2 Å². The molecular formula is C11H13FN2O3. The number of rotatable bonds is 3. The van der Waals surface area contributed by atoms with Crippen LogP contribution in [0.15, 0.2) is 18.5 Å². The topological polar surface area (TPSA) is 60.5 Å². The summed E-state index contributed by atoms with van der Waals surface area (Å²) in [5.41, 5.74) is 0.187. The van der Waals surface area contributed by atoms with Crippen molar-refractivity contribution in [1.29, 1.82) is 0 Å². The van der Waals surface area contributed by atoms with Gasteiger partial charge >= 0.3 is 0 Å². The SMILES string of the molecule is CO[C@H]1COC[C@@H]1NC(=O)c1cncc(F)c1. The van der Waals surface area contributed by atoms with Gasteiger partial charge in [0.1, 0.15) is 11.9 Å². The number of nitrogens with zero attached hydrogens (tertiary/aromatic N) is 1. The van der Waals surface area contributed by atoms with Crippen LogP contribution in [0.3, 0.4) is 0 Å². The Morgan fingerprint density at radius 3 is 3.12 bits per heavy atom. The molecule has 1 fully saturated rings. The fourth-order valence-corrected chi connectivity index (χ4v) is 1.69. The summed E-state index contributed by atoms with van der Waals surface area (Å²) in [6, 6.07) is 0.927. The monoisotopic (exact) mass is 240 g/mol. The van der Waals surface area contributed by atoms with E-state index in [1.165, 1.54) is 6.20 Å². The second-order valence-corrected chi connectivity index (χ2v) is 3.78. The van der Waals surface area contributed by atoms with Crippen molar-refractivity contribution in [3.05, 3.63) is 29.8 Å². The summed E-state index contributed by atoms with van der Waals surface area (Å²) >= 11 is 0. The number of hydrogen-bond donors (Lipinski definition) is 1. The second kappa shape index (κ2) is 5.20. The van der Waals surface area contributed by atoms with Gasteiger partial charge in [0.2, 0.25) is 0 Å². The summed E-state index contributed by atoms with van der Waals surface area (Å²) < 4.78 is 23.2. The standard InChI is InChI=1S/C11H13FN2O3/c1-16-10-6-17-5-9(10)14-11(15)7-2-8(12)4-13-3-7/h2-4,9-10H,5-6H2,1H3,(H,14,15)/t9-,10-/m0/s1. The van der Waals surface area contributed by atoms with E-state index in [9.17, 15) is 9.18 Å². The van der Waals surface area contributed by atoms with Crippen LogP contribution < -0.4 is 5.32 Å². The minimum Gasteiger partial charge on any atom is -0.377 e. The fraction of sp³-hybridized carbons (Fsp3) is 0.455. The molecular weight excluding hydrogens is 227 g/mol. The van der Waals surface area contributed by atoms with Crippen LogP contribution in [0, 0.1) is 5.82 Å². The molecule has 2 rings (SSSR count). The Hall–Kier alpha value is -1.53. The van der Waals surface area contributed by atoms with Gasteiger partial charge in [0.05, 0.1) is 31.0 Å². The quantitative estimate of drug-likeness (QED) is 0.829. The van der Waals surface area contributed by atoms with Gasteiger partial charge < -0.3 is 14.8 Å². The van der Waals surface area contributed by atoms with E-state index in [1.807, 2.05) is 0 Å². The first-order valence-corrected chi connectivity index (χ1v) is 5.22. The maximum atomic E-state index is 12.9. The largest absolute Gasteiger partial charge is 0.377 e. The summed E-state index contributed by atoms with van der Waals surface area (Å²) in [5.74, 6) is -0.918. The summed E-state index contributed by atoms with van der Waals surface area (Å²) in [6.45, 7) is 0.843. The number of pyridine rings is 1. The van der Waals surface area contributed by atoms with Gasteiger partial charge in [-0.1, -0.05) is 0 Å². The summed E-state index contributed by atoms with van der Waals surface area (Å²) in [7, 11) is 1.56. The van der Waals surface area contributed by atoms with E-state index in [-0.39, 0.29) is 23.6 Å². The van der Waals surface area contributed by atoms with E-state index in [0.717, 1.165) is 12.3 Å². The van der Waals surface area contributed by atoms with Crippen molar-refractivity contribution in [3.63, 3.8) is 0 Å². The Balaban J connectivity index is 2.01. The minimum atomic E-state index is -0.538. The van der Waals surface area contributed by atoms with E-state index in [1.54, 1.807) is 7.11 Å². The summed E-state index contributed by atoms with van der Waals surface area (Å²) in [4.78, 5) is 15.4. The van der Waals surface area contributed by atoms with Crippen molar-refractivity contribution in [3.8, 4) is 0 Å². The normalized spacial score (nSPS) is 23.6. The molecule has 0 spiro atoms. The molecule has 1 N–H and O–H groups in total. The molecule has 6 heteroatoms. The van der Waals surface area contributed by atoms with Gasteiger partial charge in [0.25, 0.3) is 5.91 Å². The smallest absolute Gasteiger partial charge is 0.253 e. The lowest BCUT2D eigenvalue weighted by molar-refractivity contribution is 0.0685. The zero-order valence-electron chi connectivity index (χ0n) is 9.35. The molecule has 0 unspecified atom stereocenters. The van der Waals surface area contributed by atoms with Gasteiger partial charge in [0.15, 0.2) is 0 Å². The molecule has 1 amide bonds. The lowest BCUT2D eigenvalue weighted by atomic mass is 10.2. The second-order valence-electron chi connectivity index (χ2n) is 3.78. The van der Waals surface area contributed by atoms with Crippen LogP contribution in [0.1, 0.15) is 10.4 Å². The van der Waals surface area contributed by atoms with Gasteiger partial charge in [0, 0.05) is 13.3 Å². The maximum absolute atomic E-state index is 12.9. The van der Waals surface area contributed by atoms with E-state index >= 15 is 0 Å². The van der Waals surface area contributed by atoms with Crippen LogP contribution in [-0.4, -0.2) is 43.4 Å². The number of halogens is 1. The van der Waals surface area contributed by atoms with Crippen molar-refractivity contribution >= 4 is 5.91 Å². The predicted molar refractivity (Wildman–Crippen MR) is 57.1 cm³/mol. The highest BCUT2D eigenvalue weighted by atomic mass is 19.1. The number of carbonyl (C=O) groups excluding carboxylic acids is 1. The zero-order chi connectivity index (χ0) is 12.3. The number of methoxy groups -OCH3 is 1. The number of carbonyl (C=O) groups is 1. The fourth-order valence-electron chi connectivity index (χ4n) is 1.69. The first kappa shape index (κ1) is 11.9. The van der Waals surface area contributed by atoms with Gasteiger partial charge in [-0.25, -0.2) is 4.39 Å². The molecule has 92 valence electrons. The van der Waals surface area contributed by atoms with Crippen molar-refractivity contribution in [2.24, 2.45) is 0 Å². The van der Waals surface area contributed by atoms with Gasteiger partial charge in [-0.2, -0.15) is 0 Å². The van der Waals surface area contributed by atoms with Gasteiger partial charge in [-0.3, -0.25) is 9.78 Å². The van der Waals surface area contributed by atoms with Crippen LogP contribution in [0.5, 0.6) is 0 Å². The number of amides is 1. The molecule has 17 heavy (non-hydrogen) atoms.